The second-order valence-corrected chi connectivity index (χ2v) is 4.68. The summed E-state index contributed by atoms with van der Waals surface area (Å²) >= 11 is 5.84. The molecule has 1 aliphatic heterocycles. The Hall–Kier alpha value is -0.570. The minimum absolute atomic E-state index is 0.182. The number of benzene rings is 1. The van der Waals surface area contributed by atoms with Gasteiger partial charge >= 0.3 is 0 Å². The fraction of sp³-hybridized carbons (Fsp3) is 0.538. The SMILES string of the molecule is C[C@H]1COC(CCl)CN1Cc1ccccc1. The van der Waals surface area contributed by atoms with E-state index >= 15 is 0 Å². The van der Waals surface area contributed by atoms with E-state index in [-0.39, 0.29) is 6.10 Å². The van der Waals surface area contributed by atoms with Crippen LogP contribution in [-0.4, -0.2) is 36.1 Å². The van der Waals surface area contributed by atoms with Gasteiger partial charge in [0.25, 0.3) is 0 Å². The Morgan fingerprint density at radius 3 is 2.81 bits per heavy atom. The number of nitrogens with zero attached hydrogens (tertiary/aromatic N) is 1. The van der Waals surface area contributed by atoms with E-state index in [1.165, 1.54) is 5.56 Å². The zero-order valence-corrected chi connectivity index (χ0v) is 10.4. The molecule has 1 aromatic rings. The summed E-state index contributed by atoms with van der Waals surface area (Å²) in [4.78, 5) is 2.44. The van der Waals surface area contributed by atoms with Crippen LogP contribution in [0.5, 0.6) is 0 Å². The molecule has 0 spiro atoms. The molecule has 2 atom stereocenters. The molecule has 0 amide bonds. The molecule has 88 valence electrons. The summed E-state index contributed by atoms with van der Waals surface area (Å²) in [6.07, 6.45) is 0.182. The van der Waals surface area contributed by atoms with Crippen LogP contribution in [0.1, 0.15) is 12.5 Å². The number of hydrogen-bond acceptors (Lipinski definition) is 2. The molecule has 0 radical (unpaired) electrons. The average molecular weight is 240 g/mol. The van der Waals surface area contributed by atoms with Crippen molar-refractivity contribution in [3.05, 3.63) is 35.9 Å². The first-order valence-electron chi connectivity index (χ1n) is 5.75. The summed E-state index contributed by atoms with van der Waals surface area (Å²) in [6, 6.07) is 11.0. The Morgan fingerprint density at radius 1 is 1.38 bits per heavy atom. The summed E-state index contributed by atoms with van der Waals surface area (Å²) in [5.41, 5.74) is 1.35. The Balaban J connectivity index is 1.97. The highest BCUT2D eigenvalue weighted by Crippen LogP contribution is 2.16. The lowest BCUT2D eigenvalue weighted by molar-refractivity contribution is -0.0510. The normalized spacial score (nSPS) is 26.9. The third kappa shape index (κ3) is 2.97. The fourth-order valence-corrected chi connectivity index (χ4v) is 2.19. The van der Waals surface area contributed by atoms with Gasteiger partial charge in [-0.1, -0.05) is 30.3 Å². The Kier molecular flexibility index (Phi) is 4.22. The van der Waals surface area contributed by atoms with Crippen LogP contribution >= 0.6 is 11.6 Å². The summed E-state index contributed by atoms with van der Waals surface area (Å²) < 4.78 is 5.63. The van der Waals surface area contributed by atoms with Crippen molar-refractivity contribution in [3.63, 3.8) is 0 Å². The smallest absolute Gasteiger partial charge is 0.0838 e. The first-order chi connectivity index (χ1) is 7.79. The minimum atomic E-state index is 0.182. The van der Waals surface area contributed by atoms with Gasteiger partial charge in [0.05, 0.1) is 12.7 Å². The molecule has 3 heteroatoms. The number of morpholine rings is 1. The van der Waals surface area contributed by atoms with E-state index in [1.807, 2.05) is 6.07 Å². The number of ether oxygens (including phenoxy) is 1. The van der Waals surface area contributed by atoms with Crippen molar-refractivity contribution in [2.75, 3.05) is 19.0 Å². The highest BCUT2D eigenvalue weighted by atomic mass is 35.5. The van der Waals surface area contributed by atoms with Gasteiger partial charge in [-0.15, -0.1) is 11.6 Å². The fourth-order valence-electron chi connectivity index (χ4n) is 2.01. The van der Waals surface area contributed by atoms with Crippen LogP contribution in [0.4, 0.5) is 0 Å². The van der Waals surface area contributed by atoms with E-state index in [0.717, 1.165) is 19.7 Å². The largest absolute Gasteiger partial charge is 0.374 e. The van der Waals surface area contributed by atoms with Crippen LogP contribution in [0.2, 0.25) is 0 Å². The number of halogens is 1. The molecule has 1 saturated heterocycles. The van der Waals surface area contributed by atoms with Crippen molar-refractivity contribution in [3.8, 4) is 0 Å². The summed E-state index contributed by atoms with van der Waals surface area (Å²) in [6.45, 7) is 4.90. The van der Waals surface area contributed by atoms with Crippen LogP contribution in [0.25, 0.3) is 0 Å². The zero-order valence-electron chi connectivity index (χ0n) is 9.60. The van der Waals surface area contributed by atoms with Gasteiger partial charge in [-0.3, -0.25) is 4.90 Å². The van der Waals surface area contributed by atoms with E-state index in [2.05, 4.69) is 36.1 Å². The minimum Gasteiger partial charge on any atom is -0.374 e. The predicted octanol–water partition coefficient (Wildman–Crippen LogP) is 2.51. The topological polar surface area (TPSA) is 12.5 Å². The molecule has 2 nitrogen and oxygen atoms in total. The lowest BCUT2D eigenvalue weighted by Crippen LogP contribution is -2.48. The lowest BCUT2D eigenvalue weighted by Gasteiger charge is -2.37. The summed E-state index contributed by atoms with van der Waals surface area (Å²) in [5, 5.41) is 0. The molecule has 0 aromatic heterocycles. The standard InChI is InChI=1S/C13H18ClNO/c1-11-10-16-13(7-14)9-15(11)8-12-5-3-2-4-6-12/h2-6,11,13H,7-10H2,1H3/t11-,13?/m0/s1. The van der Waals surface area contributed by atoms with Crippen molar-refractivity contribution < 1.29 is 4.74 Å². The molecule has 0 N–H and O–H groups in total. The number of rotatable bonds is 3. The second kappa shape index (κ2) is 5.67. The molecule has 1 fully saturated rings. The Bertz CT molecular complexity index is 317. The van der Waals surface area contributed by atoms with E-state index < -0.39 is 0 Å². The molecular formula is C13H18ClNO. The maximum atomic E-state index is 5.84. The van der Waals surface area contributed by atoms with Crippen LogP contribution in [0.3, 0.4) is 0 Å². The van der Waals surface area contributed by atoms with Gasteiger partial charge < -0.3 is 4.74 Å². The average Bonchev–Trinajstić information content (AvgIpc) is 2.33. The molecule has 2 rings (SSSR count). The van der Waals surface area contributed by atoms with E-state index in [1.54, 1.807) is 0 Å². The van der Waals surface area contributed by atoms with Crippen molar-refractivity contribution in [1.29, 1.82) is 0 Å². The third-order valence-electron chi connectivity index (χ3n) is 3.04. The van der Waals surface area contributed by atoms with Crippen molar-refractivity contribution in [2.45, 2.75) is 25.6 Å². The van der Waals surface area contributed by atoms with Gasteiger partial charge in [-0.2, -0.15) is 0 Å². The van der Waals surface area contributed by atoms with Crippen molar-refractivity contribution in [2.24, 2.45) is 0 Å². The second-order valence-electron chi connectivity index (χ2n) is 4.37. The van der Waals surface area contributed by atoms with E-state index in [4.69, 9.17) is 16.3 Å². The van der Waals surface area contributed by atoms with Crippen LogP contribution in [0, 0.1) is 0 Å². The quantitative estimate of drug-likeness (QED) is 0.752. The van der Waals surface area contributed by atoms with Crippen LogP contribution < -0.4 is 0 Å². The molecular weight excluding hydrogens is 222 g/mol. The van der Waals surface area contributed by atoms with Crippen LogP contribution in [-0.2, 0) is 11.3 Å². The molecule has 1 aliphatic rings. The summed E-state index contributed by atoms with van der Waals surface area (Å²) in [5.74, 6) is 0.581. The molecule has 0 bridgehead atoms. The summed E-state index contributed by atoms with van der Waals surface area (Å²) in [7, 11) is 0. The van der Waals surface area contributed by atoms with E-state index in [9.17, 15) is 0 Å². The van der Waals surface area contributed by atoms with Gasteiger partial charge in [-0.25, -0.2) is 0 Å². The van der Waals surface area contributed by atoms with Gasteiger partial charge in [-0.05, 0) is 12.5 Å². The van der Waals surface area contributed by atoms with Gasteiger partial charge in [0, 0.05) is 25.0 Å². The van der Waals surface area contributed by atoms with Crippen molar-refractivity contribution in [1.82, 2.24) is 4.90 Å². The maximum absolute atomic E-state index is 5.84. The lowest BCUT2D eigenvalue weighted by atomic mass is 10.1. The molecule has 0 saturated carbocycles. The van der Waals surface area contributed by atoms with Crippen LogP contribution in [0.15, 0.2) is 30.3 Å². The Labute approximate surface area is 102 Å². The molecule has 1 unspecified atom stereocenters. The third-order valence-corrected chi connectivity index (χ3v) is 3.38. The number of alkyl halides is 1. The monoisotopic (exact) mass is 239 g/mol. The molecule has 16 heavy (non-hydrogen) atoms. The maximum Gasteiger partial charge on any atom is 0.0838 e. The van der Waals surface area contributed by atoms with Crippen molar-refractivity contribution >= 4 is 11.6 Å². The molecule has 0 aliphatic carbocycles. The first kappa shape index (κ1) is 11.9. The van der Waals surface area contributed by atoms with Gasteiger partial charge in [0.2, 0.25) is 0 Å². The Morgan fingerprint density at radius 2 is 2.12 bits per heavy atom. The first-order valence-corrected chi connectivity index (χ1v) is 6.28. The van der Waals surface area contributed by atoms with E-state index in [0.29, 0.717) is 11.9 Å². The number of hydrogen-bond donors (Lipinski definition) is 0. The molecule has 1 heterocycles. The molecule has 1 aromatic carbocycles. The van der Waals surface area contributed by atoms with Gasteiger partial charge in [0.1, 0.15) is 0 Å². The highest BCUT2D eigenvalue weighted by molar-refractivity contribution is 6.18. The highest BCUT2D eigenvalue weighted by Gasteiger charge is 2.25. The zero-order chi connectivity index (χ0) is 11.4. The predicted molar refractivity (Wildman–Crippen MR) is 66.8 cm³/mol. The van der Waals surface area contributed by atoms with Gasteiger partial charge in [0.15, 0.2) is 0 Å².